The van der Waals surface area contributed by atoms with Gasteiger partial charge in [-0.15, -0.1) is 0 Å². The summed E-state index contributed by atoms with van der Waals surface area (Å²) in [5.41, 5.74) is 1.18. The number of halogens is 1. The molecule has 1 aromatic rings. The van der Waals surface area contributed by atoms with Gasteiger partial charge < -0.3 is 4.74 Å². The van der Waals surface area contributed by atoms with Gasteiger partial charge >= 0.3 is 5.97 Å². The van der Waals surface area contributed by atoms with Crippen molar-refractivity contribution >= 4 is 21.9 Å². The van der Waals surface area contributed by atoms with E-state index in [1.165, 1.54) is 5.56 Å². The molecule has 0 aromatic heterocycles. The Hall–Kier alpha value is -0.870. The smallest absolute Gasteiger partial charge is 0.323 e. The van der Waals surface area contributed by atoms with Gasteiger partial charge in [0.15, 0.2) is 0 Å². The third kappa shape index (κ3) is 2.87. The molecule has 3 nitrogen and oxygen atoms in total. The van der Waals surface area contributed by atoms with Crippen LogP contribution in [0.3, 0.4) is 0 Å². The van der Waals surface area contributed by atoms with Crippen molar-refractivity contribution in [1.29, 1.82) is 0 Å². The van der Waals surface area contributed by atoms with Gasteiger partial charge in [-0.1, -0.05) is 34.1 Å². The molecule has 2 unspecified atom stereocenters. The molecule has 0 spiro atoms. The van der Waals surface area contributed by atoms with Crippen molar-refractivity contribution in [2.75, 3.05) is 7.05 Å². The number of cyclic esters (lactones) is 1. The minimum Gasteiger partial charge on any atom is -0.461 e. The van der Waals surface area contributed by atoms with Gasteiger partial charge in [0, 0.05) is 17.4 Å². The lowest BCUT2D eigenvalue weighted by molar-refractivity contribution is -0.144. The first-order valence-electron chi connectivity index (χ1n) is 5.72. The van der Waals surface area contributed by atoms with Gasteiger partial charge in [-0.25, -0.2) is 0 Å². The van der Waals surface area contributed by atoms with Crippen molar-refractivity contribution in [2.24, 2.45) is 0 Å². The minimum atomic E-state index is -0.114. The van der Waals surface area contributed by atoms with Crippen molar-refractivity contribution in [3.63, 3.8) is 0 Å². The Kier molecular flexibility index (Phi) is 3.84. The van der Waals surface area contributed by atoms with Gasteiger partial charge in [0.25, 0.3) is 0 Å². The summed E-state index contributed by atoms with van der Waals surface area (Å²) in [5.74, 6) is -0.105. The third-order valence-corrected chi connectivity index (χ3v) is 3.83. The number of benzene rings is 1. The zero-order chi connectivity index (χ0) is 12.4. The predicted octanol–water partition coefficient (Wildman–Crippen LogP) is 2.58. The summed E-state index contributed by atoms with van der Waals surface area (Å²) in [4.78, 5) is 13.7. The largest absolute Gasteiger partial charge is 0.461 e. The van der Waals surface area contributed by atoms with Crippen LogP contribution < -0.4 is 0 Å². The Morgan fingerprint density at radius 2 is 2.18 bits per heavy atom. The van der Waals surface area contributed by atoms with Gasteiger partial charge in [0.2, 0.25) is 0 Å². The molecule has 92 valence electrons. The molecule has 1 fully saturated rings. The standard InChI is InChI=1S/C13H16BrNO2/c1-9-7-12(13(16)17-9)15(2)8-10-5-3-4-6-11(10)14/h3-6,9,12H,7-8H2,1-2H3. The molecular formula is C13H16BrNO2. The summed E-state index contributed by atoms with van der Waals surface area (Å²) in [6.07, 6.45) is 0.814. The maximum absolute atomic E-state index is 11.6. The number of likely N-dealkylation sites (N-methyl/N-ethyl adjacent to an activating group) is 1. The van der Waals surface area contributed by atoms with E-state index in [9.17, 15) is 4.79 Å². The van der Waals surface area contributed by atoms with Crippen LogP contribution >= 0.6 is 15.9 Å². The van der Waals surface area contributed by atoms with Crippen LogP contribution in [-0.2, 0) is 16.1 Å². The molecule has 1 aliphatic heterocycles. The highest BCUT2D eigenvalue weighted by Crippen LogP contribution is 2.23. The van der Waals surface area contributed by atoms with Gasteiger partial charge in [-0.2, -0.15) is 0 Å². The highest BCUT2D eigenvalue weighted by atomic mass is 79.9. The predicted molar refractivity (Wildman–Crippen MR) is 69.6 cm³/mol. The van der Waals surface area contributed by atoms with Crippen LogP contribution in [0.4, 0.5) is 0 Å². The summed E-state index contributed by atoms with van der Waals surface area (Å²) < 4.78 is 6.25. The van der Waals surface area contributed by atoms with E-state index in [0.29, 0.717) is 0 Å². The quantitative estimate of drug-likeness (QED) is 0.803. The van der Waals surface area contributed by atoms with E-state index in [4.69, 9.17) is 4.74 Å². The zero-order valence-electron chi connectivity index (χ0n) is 10.0. The molecule has 1 heterocycles. The van der Waals surface area contributed by atoms with Gasteiger partial charge in [0.05, 0.1) is 0 Å². The second-order valence-corrected chi connectivity index (χ2v) is 5.36. The van der Waals surface area contributed by atoms with Crippen LogP contribution in [0.25, 0.3) is 0 Å². The second-order valence-electron chi connectivity index (χ2n) is 4.51. The molecule has 1 aromatic carbocycles. The molecule has 2 rings (SSSR count). The first kappa shape index (κ1) is 12.6. The Bertz CT molecular complexity index is 422. The van der Waals surface area contributed by atoms with Crippen LogP contribution in [0.15, 0.2) is 28.7 Å². The van der Waals surface area contributed by atoms with Crippen LogP contribution in [0.5, 0.6) is 0 Å². The molecule has 1 saturated heterocycles. The van der Waals surface area contributed by atoms with Crippen LogP contribution in [0, 0.1) is 0 Å². The van der Waals surface area contributed by atoms with Crippen molar-refractivity contribution in [3.8, 4) is 0 Å². The van der Waals surface area contributed by atoms with Gasteiger partial charge in [-0.05, 0) is 25.6 Å². The van der Waals surface area contributed by atoms with Crippen molar-refractivity contribution in [1.82, 2.24) is 4.90 Å². The summed E-state index contributed by atoms with van der Waals surface area (Å²) in [7, 11) is 1.96. The van der Waals surface area contributed by atoms with E-state index in [-0.39, 0.29) is 18.1 Å². The Labute approximate surface area is 110 Å². The second kappa shape index (κ2) is 5.19. The zero-order valence-corrected chi connectivity index (χ0v) is 11.6. The third-order valence-electron chi connectivity index (χ3n) is 3.05. The number of carbonyl (C=O) groups is 1. The molecule has 0 bridgehead atoms. The fourth-order valence-corrected chi connectivity index (χ4v) is 2.51. The SMILES string of the molecule is CC1CC(N(C)Cc2ccccc2Br)C(=O)O1. The Morgan fingerprint density at radius 3 is 2.76 bits per heavy atom. The number of hydrogen-bond donors (Lipinski definition) is 0. The molecule has 4 heteroatoms. The number of rotatable bonds is 3. The molecule has 1 aliphatic rings. The van der Waals surface area contributed by atoms with Crippen molar-refractivity contribution in [3.05, 3.63) is 34.3 Å². The fraction of sp³-hybridized carbons (Fsp3) is 0.462. The maximum Gasteiger partial charge on any atom is 0.323 e. The first-order valence-corrected chi connectivity index (χ1v) is 6.51. The molecule has 17 heavy (non-hydrogen) atoms. The number of esters is 1. The van der Waals surface area contributed by atoms with E-state index < -0.39 is 0 Å². The average molecular weight is 298 g/mol. The van der Waals surface area contributed by atoms with E-state index in [1.54, 1.807) is 0 Å². The fourth-order valence-electron chi connectivity index (χ4n) is 2.10. The monoisotopic (exact) mass is 297 g/mol. The summed E-state index contributed by atoms with van der Waals surface area (Å²) in [6, 6.07) is 7.95. The summed E-state index contributed by atoms with van der Waals surface area (Å²) in [6.45, 7) is 2.68. The molecule has 0 saturated carbocycles. The molecular weight excluding hydrogens is 282 g/mol. The summed E-state index contributed by atoms with van der Waals surface area (Å²) >= 11 is 3.52. The van der Waals surface area contributed by atoms with Gasteiger partial charge in [-0.3, -0.25) is 9.69 Å². The van der Waals surface area contributed by atoms with Crippen molar-refractivity contribution in [2.45, 2.75) is 32.0 Å². The molecule has 0 radical (unpaired) electrons. The first-order chi connectivity index (χ1) is 8.08. The lowest BCUT2D eigenvalue weighted by Crippen LogP contribution is -2.34. The lowest BCUT2D eigenvalue weighted by Gasteiger charge is -2.21. The highest BCUT2D eigenvalue weighted by molar-refractivity contribution is 9.10. The topological polar surface area (TPSA) is 29.5 Å². The number of hydrogen-bond acceptors (Lipinski definition) is 3. The number of nitrogens with zero attached hydrogens (tertiary/aromatic N) is 1. The Balaban J connectivity index is 2.05. The molecule has 0 aliphatic carbocycles. The van der Waals surface area contributed by atoms with Crippen LogP contribution in [0.2, 0.25) is 0 Å². The maximum atomic E-state index is 11.6. The summed E-state index contributed by atoms with van der Waals surface area (Å²) in [5, 5.41) is 0. The molecule has 0 N–H and O–H groups in total. The Morgan fingerprint density at radius 1 is 1.47 bits per heavy atom. The normalized spacial score (nSPS) is 24.1. The minimum absolute atomic E-state index is 0.0363. The lowest BCUT2D eigenvalue weighted by atomic mass is 10.1. The highest BCUT2D eigenvalue weighted by Gasteiger charge is 2.34. The van der Waals surface area contributed by atoms with E-state index in [0.717, 1.165) is 17.4 Å². The van der Waals surface area contributed by atoms with E-state index in [1.807, 2.05) is 37.1 Å². The number of carbonyl (C=O) groups excluding carboxylic acids is 1. The molecule has 2 atom stereocenters. The van der Waals surface area contributed by atoms with Crippen LogP contribution in [0.1, 0.15) is 18.9 Å². The van der Waals surface area contributed by atoms with Crippen LogP contribution in [-0.4, -0.2) is 30.1 Å². The van der Waals surface area contributed by atoms with E-state index >= 15 is 0 Å². The number of ether oxygens (including phenoxy) is 1. The molecule has 0 amide bonds. The average Bonchev–Trinajstić information content (AvgIpc) is 2.61. The van der Waals surface area contributed by atoms with E-state index in [2.05, 4.69) is 22.0 Å². The van der Waals surface area contributed by atoms with Crippen molar-refractivity contribution < 1.29 is 9.53 Å². The van der Waals surface area contributed by atoms with Gasteiger partial charge in [0.1, 0.15) is 12.1 Å².